The van der Waals surface area contributed by atoms with E-state index in [4.69, 9.17) is 11.6 Å². The van der Waals surface area contributed by atoms with E-state index >= 15 is 0 Å². The fourth-order valence-electron chi connectivity index (χ4n) is 1.94. The van der Waals surface area contributed by atoms with Crippen molar-refractivity contribution in [3.63, 3.8) is 0 Å². The van der Waals surface area contributed by atoms with Crippen LogP contribution in [-0.4, -0.2) is 31.8 Å². The molecule has 0 bridgehead atoms. The van der Waals surface area contributed by atoms with E-state index in [1.807, 2.05) is 0 Å². The van der Waals surface area contributed by atoms with E-state index in [9.17, 15) is 30.1 Å². The highest BCUT2D eigenvalue weighted by Crippen LogP contribution is 2.32. The standard InChI is InChI=1S/C13H10ClN3O6/c14-13(7-1-2-10(11(13)18)17(22)23)12(19)15-8-3-5-9(6-4-8)16(20)21/h1-7,11,18H,(H,15,19). The smallest absolute Gasteiger partial charge is 0.277 e. The van der Waals surface area contributed by atoms with Gasteiger partial charge in [-0.2, -0.15) is 0 Å². The first-order valence-electron chi connectivity index (χ1n) is 6.22. The lowest BCUT2D eigenvalue weighted by Crippen LogP contribution is -2.49. The lowest BCUT2D eigenvalue weighted by atomic mass is 9.93. The van der Waals surface area contributed by atoms with E-state index in [-0.39, 0.29) is 11.4 Å². The molecule has 1 aromatic rings. The van der Waals surface area contributed by atoms with Gasteiger partial charge in [0.25, 0.3) is 17.3 Å². The Kier molecular flexibility index (Phi) is 4.43. The number of hydrogen-bond acceptors (Lipinski definition) is 6. The van der Waals surface area contributed by atoms with Gasteiger partial charge in [0, 0.05) is 23.9 Å². The molecular weight excluding hydrogens is 330 g/mol. The van der Waals surface area contributed by atoms with Crippen LogP contribution in [-0.2, 0) is 4.79 Å². The van der Waals surface area contributed by atoms with Crippen LogP contribution in [0.5, 0.6) is 0 Å². The molecule has 0 aromatic heterocycles. The van der Waals surface area contributed by atoms with Crippen LogP contribution in [0.2, 0.25) is 0 Å². The van der Waals surface area contributed by atoms with Crippen molar-refractivity contribution in [1.29, 1.82) is 0 Å². The van der Waals surface area contributed by atoms with Crippen molar-refractivity contribution in [2.45, 2.75) is 11.0 Å². The molecule has 0 radical (unpaired) electrons. The molecular formula is C13H10ClN3O6. The predicted molar refractivity (Wildman–Crippen MR) is 80.5 cm³/mol. The van der Waals surface area contributed by atoms with Crippen LogP contribution in [0.4, 0.5) is 11.4 Å². The van der Waals surface area contributed by atoms with Gasteiger partial charge in [-0.3, -0.25) is 25.0 Å². The average Bonchev–Trinajstić information content (AvgIpc) is 2.50. The van der Waals surface area contributed by atoms with Crippen molar-refractivity contribution in [3.05, 3.63) is 68.4 Å². The fraction of sp³-hybridized carbons (Fsp3) is 0.154. The summed E-state index contributed by atoms with van der Waals surface area (Å²) in [6, 6.07) is 4.90. The van der Waals surface area contributed by atoms with Crippen LogP contribution in [0, 0.1) is 20.2 Å². The molecule has 2 rings (SSSR count). The Balaban J connectivity index is 2.20. The Labute approximate surface area is 134 Å². The van der Waals surface area contributed by atoms with E-state index in [2.05, 4.69) is 5.32 Å². The van der Waals surface area contributed by atoms with Gasteiger partial charge in [-0.05, 0) is 12.1 Å². The zero-order chi connectivity index (χ0) is 17.2. The van der Waals surface area contributed by atoms with Crippen molar-refractivity contribution in [1.82, 2.24) is 0 Å². The number of nitrogens with zero attached hydrogens (tertiary/aromatic N) is 2. The van der Waals surface area contributed by atoms with E-state index in [1.165, 1.54) is 30.3 Å². The second-order valence-corrected chi connectivity index (χ2v) is 5.26. The second-order valence-electron chi connectivity index (χ2n) is 4.64. The normalized spacial score (nSPS) is 23.0. The van der Waals surface area contributed by atoms with Gasteiger partial charge in [-0.25, -0.2) is 0 Å². The third-order valence-electron chi connectivity index (χ3n) is 3.18. The quantitative estimate of drug-likeness (QED) is 0.486. The third kappa shape index (κ3) is 3.20. The summed E-state index contributed by atoms with van der Waals surface area (Å²) in [6.07, 6.45) is 1.53. The van der Waals surface area contributed by atoms with E-state index in [1.54, 1.807) is 0 Å². The molecule has 1 aliphatic rings. The molecule has 2 unspecified atom stereocenters. The van der Waals surface area contributed by atoms with Gasteiger partial charge < -0.3 is 10.4 Å². The lowest BCUT2D eigenvalue weighted by Gasteiger charge is -2.27. The number of carbonyl (C=O) groups excluding carboxylic acids is 1. The average molecular weight is 340 g/mol. The summed E-state index contributed by atoms with van der Waals surface area (Å²) in [5.41, 5.74) is -0.584. The summed E-state index contributed by atoms with van der Waals surface area (Å²) < 4.78 is 0. The van der Waals surface area contributed by atoms with Crippen LogP contribution in [0.25, 0.3) is 0 Å². The zero-order valence-corrected chi connectivity index (χ0v) is 12.1. The van der Waals surface area contributed by atoms with Gasteiger partial charge >= 0.3 is 0 Å². The first-order valence-corrected chi connectivity index (χ1v) is 6.60. The number of benzene rings is 1. The Morgan fingerprint density at radius 3 is 2.35 bits per heavy atom. The topological polar surface area (TPSA) is 136 Å². The number of nitrogens with one attached hydrogen (secondary N) is 1. The number of nitro benzene ring substituents is 1. The molecule has 1 amide bonds. The highest BCUT2D eigenvalue weighted by atomic mass is 35.5. The number of aliphatic hydroxyl groups is 1. The summed E-state index contributed by atoms with van der Waals surface area (Å²) in [4.78, 5) is 30.1. The number of hydrogen-bond donors (Lipinski definition) is 2. The molecule has 1 aromatic carbocycles. The monoisotopic (exact) mass is 339 g/mol. The SMILES string of the molecule is O=C(Nc1ccc([N+](=O)[O-])cc1)C1(Cl)C=CC=C([N+](=O)[O-])C1O. The van der Waals surface area contributed by atoms with Crippen molar-refractivity contribution < 1.29 is 19.7 Å². The van der Waals surface area contributed by atoms with E-state index < -0.39 is 32.4 Å². The Morgan fingerprint density at radius 2 is 1.83 bits per heavy atom. The summed E-state index contributed by atoms with van der Waals surface area (Å²) >= 11 is 6.04. The molecule has 0 saturated carbocycles. The maximum atomic E-state index is 12.2. The highest BCUT2D eigenvalue weighted by Gasteiger charge is 2.49. The van der Waals surface area contributed by atoms with Crippen LogP contribution in [0.15, 0.2) is 48.2 Å². The molecule has 0 fully saturated rings. The van der Waals surface area contributed by atoms with E-state index in [0.717, 1.165) is 12.2 Å². The van der Waals surface area contributed by atoms with Gasteiger partial charge in [0.1, 0.15) is 0 Å². The molecule has 23 heavy (non-hydrogen) atoms. The minimum Gasteiger partial charge on any atom is -0.379 e. The van der Waals surface area contributed by atoms with Crippen molar-refractivity contribution in [2.24, 2.45) is 0 Å². The maximum absolute atomic E-state index is 12.2. The molecule has 10 heteroatoms. The summed E-state index contributed by atoms with van der Waals surface area (Å²) in [5.74, 6) is -0.899. The van der Waals surface area contributed by atoms with Crippen LogP contribution in [0.3, 0.4) is 0 Å². The largest absolute Gasteiger partial charge is 0.379 e. The number of non-ortho nitro benzene ring substituents is 1. The molecule has 120 valence electrons. The van der Waals surface area contributed by atoms with Crippen molar-refractivity contribution in [2.75, 3.05) is 5.32 Å². The molecule has 1 aliphatic carbocycles. The maximum Gasteiger partial charge on any atom is 0.277 e. The van der Waals surface area contributed by atoms with Gasteiger partial charge in [-0.15, -0.1) is 11.6 Å². The van der Waals surface area contributed by atoms with E-state index in [0.29, 0.717) is 0 Å². The Bertz CT molecular complexity index is 730. The van der Waals surface area contributed by atoms with Gasteiger partial charge in [-0.1, -0.05) is 12.2 Å². The number of allylic oxidation sites excluding steroid dienone is 2. The van der Waals surface area contributed by atoms with Crippen LogP contribution in [0.1, 0.15) is 0 Å². The number of nitro groups is 2. The molecule has 9 nitrogen and oxygen atoms in total. The first-order chi connectivity index (χ1) is 10.8. The van der Waals surface area contributed by atoms with Crippen LogP contribution >= 0.6 is 11.6 Å². The van der Waals surface area contributed by atoms with Crippen LogP contribution < -0.4 is 5.32 Å². The first kappa shape index (κ1) is 16.6. The lowest BCUT2D eigenvalue weighted by molar-refractivity contribution is -0.436. The number of aliphatic hydroxyl groups excluding tert-OH is 1. The molecule has 0 aliphatic heterocycles. The Hall–Kier alpha value is -2.78. The zero-order valence-electron chi connectivity index (χ0n) is 11.4. The number of amides is 1. The molecule has 2 N–H and O–H groups in total. The van der Waals surface area contributed by atoms with Gasteiger partial charge in [0.05, 0.1) is 9.85 Å². The molecule has 0 saturated heterocycles. The van der Waals surface area contributed by atoms with Gasteiger partial charge in [0.2, 0.25) is 0 Å². The predicted octanol–water partition coefficient (Wildman–Crippen LogP) is 1.60. The summed E-state index contributed by atoms with van der Waals surface area (Å²) in [7, 11) is 0. The van der Waals surface area contributed by atoms with Crippen molar-refractivity contribution in [3.8, 4) is 0 Å². The number of carbonyl (C=O) groups is 1. The minimum atomic E-state index is -2.06. The van der Waals surface area contributed by atoms with Crippen molar-refractivity contribution >= 4 is 28.9 Å². The molecule has 0 spiro atoms. The number of alkyl halides is 1. The molecule has 2 atom stereocenters. The minimum absolute atomic E-state index is 0.167. The fourth-order valence-corrected chi connectivity index (χ4v) is 2.17. The summed E-state index contributed by atoms with van der Waals surface area (Å²) in [6.45, 7) is 0. The number of anilines is 1. The molecule has 0 heterocycles. The third-order valence-corrected chi connectivity index (χ3v) is 3.68. The number of rotatable bonds is 4. The highest BCUT2D eigenvalue weighted by molar-refractivity contribution is 6.39. The number of halogens is 1. The second kappa shape index (κ2) is 6.15. The van der Waals surface area contributed by atoms with Gasteiger partial charge in [0.15, 0.2) is 11.0 Å². The summed E-state index contributed by atoms with van der Waals surface area (Å²) in [5, 5.41) is 33.7. The Morgan fingerprint density at radius 1 is 1.22 bits per heavy atom.